The maximum Gasteiger partial charge on any atom is 0.227 e. The molecule has 1 saturated heterocycles. The van der Waals surface area contributed by atoms with E-state index in [-0.39, 0.29) is 24.4 Å². The van der Waals surface area contributed by atoms with Crippen LogP contribution in [0.3, 0.4) is 0 Å². The summed E-state index contributed by atoms with van der Waals surface area (Å²) in [5, 5.41) is 0. The van der Waals surface area contributed by atoms with Gasteiger partial charge in [-0.05, 0) is 24.8 Å². The molecule has 1 aliphatic rings. The summed E-state index contributed by atoms with van der Waals surface area (Å²) in [6.45, 7) is 3.54. The van der Waals surface area contributed by atoms with Crippen molar-refractivity contribution in [2.24, 2.45) is 11.7 Å². The van der Waals surface area contributed by atoms with E-state index in [1.165, 1.54) is 0 Å². The van der Waals surface area contributed by atoms with Crippen molar-refractivity contribution in [1.82, 2.24) is 4.90 Å². The second-order valence-corrected chi connectivity index (χ2v) is 5.50. The molecule has 0 radical (unpaired) electrons. The Balaban J connectivity index is 0.00000220. The largest absolute Gasteiger partial charge is 0.496 e. The van der Waals surface area contributed by atoms with Crippen molar-refractivity contribution in [3.8, 4) is 5.75 Å². The van der Waals surface area contributed by atoms with Crippen LogP contribution in [0.2, 0.25) is 0 Å². The molecule has 2 N–H and O–H groups in total. The Labute approximate surface area is 133 Å². The van der Waals surface area contributed by atoms with E-state index in [9.17, 15) is 4.79 Å². The van der Waals surface area contributed by atoms with Crippen molar-refractivity contribution in [3.63, 3.8) is 0 Å². The number of rotatable bonds is 4. The van der Waals surface area contributed by atoms with Crippen LogP contribution in [-0.2, 0) is 11.2 Å². The van der Waals surface area contributed by atoms with Crippen LogP contribution in [0.1, 0.15) is 25.3 Å². The van der Waals surface area contributed by atoms with Gasteiger partial charge >= 0.3 is 0 Å². The molecule has 0 aliphatic carbocycles. The smallest absolute Gasteiger partial charge is 0.227 e. The monoisotopic (exact) mass is 312 g/mol. The topological polar surface area (TPSA) is 55.6 Å². The maximum atomic E-state index is 12.6. The molecule has 0 spiro atoms. The fourth-order valence-corrected chi connectivity index (χ4v) is 3.03. The minimum absolute atomic E-state index is 0. The van der Waals surface area contributed by atoms with Crippen LogP contribution in [0.15, 0.2) is 24.3 Å². The molecule has 1 aromatic rings. The van der Waals surface area contributed by atoms with E-state index in [1.807, 2.05) is 29.2 Å². The number of nitrogens with zero attached hydrogens (tertiary/aromatic N) is 1. The number of para-hydroxylation sites is 1. The zero-order valence-corrected chi connectivity index (χ0v) is 13.6. The van der Waals surface area contributed by atoms with Gasteiger partial charge in [0.2, 0.25) is 5.91 Å². The van der Waals surface area contributed by atoms with Crippen LogP contribution in [0.5, 0.6) is 5.75 Å². The first-order chi connectivity index (χ1) is 9.67. The van der Waals surface area contributed by atoms with E-state index in [2.05, 4.69) is 6.92 Å². The van der Waals surface area contributed by atoms with E-state index >= 15 is 0 Å². The van der Waals surface area contributed by atoms with Gasteiger partial charge in [-0.15, -0.1) is 12.4 Å². The minimum atomic E-state index is 0. The van der Waals surface area contributed by atoms with E-state index in [1.54, 1.807) is 7.11 Å². The number of likely N-dealkylation sites (tertiary alicyclic amines) is 1. The first-order valence-corrected chi connectivity index (χ1v) is 7.28. The van der Waals surface area contributed by atoms with E-state index in [0.717, 1.165) is 30.7 Å². The minimum Gasteiger partial charge on any atom is -0.496 e. The lowest BCUT2D eigenvalue weighted by Gasteiger charge is -2.39. The molecule has 1 fully saturated rings. The number of hydrogen-bond donors (Lipinski definition) is 1. The average Bonchev–Trinajstić information content (AvgIpc) is 2.47. The van der Waals surface area contributed by atoms with Crippen LogP contribution in [0.25, 0.3) is 0 Å². The number of hydrogen-bond acceptors (Lipinski definition) is 3. The van der Waals surface area contributed by atoms with E-state index in [4.69, 9.17) is 10.5 Å². The van der Waals surface area contributed by atoms with Gasteiger partial charge in [0.25, 0.3) is 0 Å². The van der Waals surface area contributed by atoms with Crippen molar-refractivity contribution in [3.05, 3.63) is 29.8 Å². The first-order valence-electron chi connectivity index (χ1n) is 7.28. The molecule has 2 atom stereocenters. The summed E-state index contributed by atoms with van der Waals surface area (Å²) in [5.41, 5.74) is 6.79. The standard InChI is InChI=1S/C16H24N2O2.ClH/c1-12-6-5-9-18(14(12)11-17)16(19)10-13-7-3-4-8-15(13)20-2;/h3-4,7-8,12,14H,5-6,9-11,17H2,1-2H3;1H. The SMILES string of the molecule is COc1ccccc1CC(=O)N1CCCC(C)C1CN.Cl. The number of ether oxygens (including phenoxy) is 1. The van der Waals surface area contributed by atoms with Gasteiger partial charge < -0.3 is 15.4 Å². The number of piperidine rings is 1. The second kappa shape index (κ2) is 8.25. The van der Waals surface area contributed by atoms with Crippen LogP contribution in [0, 0.1) is 5.92 Å². The molecule has 1 aliphatic heterocycles. The number of benzene rings is 1. The molecular weight excluding hydrogens is 288 g/mol. The molecular formula is C16H25ClN2O2. The molecule has 5 heteroatoms. The Morgan fingerprint density at radius 2 is 2.14 bits per heavy atom. The molecule has 1 heterocycles. The highest BCUT2D eigenvalue weighted by molar-refractivity contribution is 5.85. The fraction of sp³-hybridized carbons (Fsp3) is 0.562. The van der Waals surface area contributed by atoms with E-state index < -0.39 is 0 Å². The number of nitrogens with two attached hydrogens (primary N) is 1. The van der Waals surface area contributed by atoms with Gasteiger partial charge in [0, 0.05) is 24.7 Å². The first kappa shape index (κ1) is 17.8. The Bertz CT molecular complexity index is 467. The Hall–Kier alpha value is -1.26. The van der Waals surface area contributed by atoms with Crippen molar-refractivity contribution in [1.29, 1.82) is 0 Å². The van der Waals surface area contributed by atoms with Crippen LogP contribution in [0.4, 0.5) is 0 Å². The summed E-state index contributed by atoms with van der Waals surface area (Å²) in [7, 11) is 1.63. The quantitative estimate of drug-likeness (QED) is 0.927. The lowest BCUT2D eigenvalue weighted by Crippen LogP contribution is -2.51. The number of amides is 1. The summed E-state index contributed by atoms with van der Waals surface area (Å²) < 4.78 is 5.31. The number of carbonyl (C=O) groups excluding carboxylic acids is 1. The van der Waals surface area contributed by atoms with Crippen LogP contribution in [-0.4, -0.2) is 37.0 Å². The van der Waals surface area contributed by atoms with Gasteiger partial charge in [-0.1, -0.05) is 25.1 Å². The molecule has 1 aromatic carbocycles. The van der Waals surface area contributed by atoms with Gasteiger partial charge in [-0.3, -0.25) is 4.79 Å². The Morgan fingerprint density at radius 1 is 1.43 bits per heavy atom. The highest BCUT2D eigenvalue weighted by atomic mass is 35.5. The van der Waals surface area contributed by atoms with Crippen molar-refractivity contribution in [2.45, 2.75) is 32.2 Å². The highest BCUT2D eigenvalue weighted by Gasteiger charge is 2.30. The van der Waals surface area contributed by atoms with E-state index in [0.29, 0.717) is 18.9 Å². The fourth-order valence-electron chi connectivity index (χ4n) is 3.03. The van der Waals surface area contributed by atoms with Crippen molar-refractivity contribution in [2.75, 3.05) is 20.2 Å². The van der Waals surface area contributed by atoms with Crippen molar-refractivity contribution < 1.29 is 9.53 Å². The highest BCUT2D eigenvalue weighted by Crippen LogP contribution is 2.25. The summed E-state index contributed by atoms with van der Waals surface area (Å²) in [4.78, 5) is 14.5. The van der Waals surface area contributed by atoms with Gasteiger partial charge in [0.05, 0.1) is 13.5 Å². The van der Waals surface area contributed by atoms with Gasteiger partial charge in [-0.2, -0.15) is 0 Å². The molecule has 118 valence electrons. The molecule has 0 aromatic heterocycles. The molecule has 21 heavy (non-hydrogen) atoms. The molecule has 4 nitrogen and oxygen atoms in total. The molecule has 0 bridgehead atoms. The van der Waals surface area contributed by atoms with Crippen LogP contribution < -0.4 is 10.5 Å². The number of halogens is 1. The summed E-state index contributed by atoms with van der Waals surface area (Å²) in [6.07, 6.45) is 2.60. The Morgan fingerprint density at radius 3 is 2.81 bits per heavy atom. The van der Waals surface area contributed by atoms with Crippen LogP contribution >= 0.6 is 12.4 Å². The molecule has 0 saturated carbocycles. The van der Waals surface area contributed by atoms with Gasteiger partial charge in [0.1, 0.15) is 5.75 Å². The number of methoxy groups -OCH3 is 1. The third kappa shape index (κ3) is 4.11. The normalized spacial score (nSPS) is 21.6. The Kier molecular flexibility index (Phi) is 6.99. The predicted octanol–water partition coefficient (Wildman–Crippen LogP) is 2.25. The third-order valence-corrected chi connectivity index (χ3v) is 4.21. The zero-order valence-electron chi connectivity index (χ0n) is 12.7. The van der Waals surface area contributed by atoms with Crippen molar-refractivity contribution >= 4 is 18.3 Å². The lowest BCUT2D eigenvalue weighted by molar-refractivity contribution is -0.135. The molecule has 2 unspecified atom stereocenters. The molecule has 1 amide bonds. The summed E-state index contributed by atoms with van der Waals surface area (Å²) >= 11 is 0. The second-order valence-electron chi connectivity index (χ2n) is 5.50. The maximum absolute atomic E-state index is 12.6. The predicted molar refractivity (Wildman–Crippen MR) is 86.9 cm³/mol. The molecule has 2 rings (SSSR count). The van der Waals surface area contributed by atoms with Gasteiger partial charge in [-0.25, -0.2) is 0 Å². The average molecular weight is 313 g/mol. The van der Waals surface area contributed by atoms with Gasteiger partial charge in [0.15, 0.2) is 0 Å². The number of carbonyl (C=O) groups is 1. The zero-order chi connectivity index (χ0) is 14.5. The summed E-state index contributed by atoms with van der Waals surface area (Å²) in [6, 6.07) is 7.86. The summed E-state index contributed by atoms with van der Waals surface area (Å²) in [5.74, 6) is 1.40. The third-order valence-electron chi connectivity index (χ3n) is 4.21. The lowest BCUT2D eigenvalue weighted by atomic mass is 9.90.